The van der Waals surface area contributed by atoms with E-state index in [1.54, 1.807) is 6.92 Å². The van der Waals surface area contributed by atoms with Gasteiger partial charge >= 0.3 is 11.9 Å². The summed E-state index contributed by atoms with van der Waals surface area (Å²) < 4.78 is 12.6. The molecule has 42 heavy (non-hydrogen) atoms. The minimum Gasteiger partial charge on any atom is -0.465 e. The zero-order valence-electron chi connectivity index (χ0n) is 23.7. The number of aromatic nitrogens is 2. The molecule has 7 heteroatoms. The average molecular weight is 560 g/mol. The van der Waals surface area contributed by atoms with Gasteiger partial charge in [0.15, 0.2) is 0 Å². The van der Waals surface area contributed by atoms with Gasteiger partial charge < -0.3 is 19.4 Å². The van der Waals surface area contributed by atoms with Crippen molar-refractivity contribution in [2.75, 3.05) is 25.1 Å². The van der Waals surface area contributed by atoms with E-state index < -0.39 is 0 Å². The summed E-state index contributed by atoms with van der Waals surface area (Å²) in [5, 5.41) is 3.16. The molecule has 0 bridgehead atoms. The van der Waals surface area contributed by atoms with Crippen molar-refractivity contribution >= 4 is 17.6 Å². The Morgan fingerprint density at radius 1 is 0.762 bits per heavy atom. The molecule has 0 radical (unpaired) electrons. The molecule has 7 nitrogen and oxygen atoms in total. The minimum absolute atomic E-state index is 0.0837. The number of anilines is 1. The SMILES string of the molecule is CCOC(=O)CNc1cccc(-c2ccccc2-c2nc(-c3ccccc3)c(-c3ccccc3)n2CCOC(C)=O)c1. The Labute approximate surface area is 245 Å². The Kier molecular flexibility index (Phi) is 9.09. The van der Waals surface area contributed by atoms with E-state index in [4.69, 9.17) is 14.5 Å². The molecule has 0 aliphatic carbocycles. The number of benzene rings is 4. The van der Waals surface area contributed by atoms with Gasteiger partial charge in [0.1, 0.15) is 19.0 Å². The molecule has 0 aliphatic rings. The lowest BCUT2D eigenvalue weighted by Gasteiger charge is -2.16. The van der Waals surface area contributed by atoms with Crippen molar-refractivity contribution in [2.45, 2.75) is 20.4 Å². The molecular formula is C35H33N3O4. The van der Waals surface area contributed by atoms with E-state index in [9.17, 15) is 9.59 Å². The molecule has 5 aromatic rings. The molecule has 0 atom stereocenters. The summed E-state index contributed by atoms with van der Waals surface area (Å²) in [4.78, 5) is 28.9. The van der Waals surface area contributed by atoms with Gasteiger partial charge in [-0.15, -0.1) is 0 Å². The second-order valence-electron chi connectivity index (χ2n) is 9.64. The average Bonchev–Trinajstić information content (AvgIpc) is 3.40. The molecule has 5 rings (SSSR count). The van der Waals surface area contributed by atoms with Crippen LogP contribution in [0.15, 0.2) is 109 Å². The third kappa shape index (κ3) is 6.58. The van der Waals surface area contributed by atoms with Gasteiger partial charge in [-0.05, 0) is 30.2 Å². The molecular weight excluding hydrogens is 526 g/mol. The van der Waals surface area contributed by atoms with Crippen molar-refractivity contribution in [3.63, 3.8) is 0 Å². The third-order valence-corrected chi connectivity index (χ3v) is 6.77. The van der Waals surface area contributed by atoms with E-state index in [2.05, 4.69) is 46.3 Å². The second-order valence-corrected chi connectivity index (χ2v) is 9.64. The molecule has 0 fully saturated rings. The summed E-state index contributed by atoms with van der Waals surface area (Å²) in [7, 11) is 0. The number of imidazole rings is 1. The first-order chi connectivity index (χ1) is 20.5. The van der Waals surface area contributed by atoms with Gasteiger partial charge in [-0.3, -0.25) is 9.59 Å². The monoisotopic (exact) mass is 559 g/mol. The van der Waals surface area contributed by atoms with Crippen LogP contribution in [0.3, 0.4) is 0 Å². The summed E-state index contributed by atoms with van der Waals surface area (Å²) in [5.41, 5.74) is 7.49. The molecule has 1 aromatic heterocycles. The van der Waals surface area contributed by atoms with E-state index in [-0.39, 0.29) is 25.1 Å². The number of carbonyl (C=O) groups excluding carboxylic acids is 2. The summed E-state index contributed by atoms with van der Waals surface area (Å²) in [5.74, 6) is 0.133. The number of rotatable bonds is 11. The van der Waals surface area contributed by atoms with Crippen LogP contribution in [-0.2, 0) is 25.6 Å². The number of nitrogens with one attached hydrogen (secondary N) is 1. The fourth-order valence-electron chi connectivity index (χ4n) is 4.96. The van der Waals surface area contributed by atoms with Crippen LogP contribution >= 0.6 is 0 Å². The van der Waals surface area contributed by atoms with Crippen molar-refractivity contribution in [2.24, 2.45) is 0 Å². The third-order valence-electron chi connectivity index (χ3n) is 6.77. The van der Waals surface area contributed by atoms with Gasteiger partial charge in [-0.1, -0.05) is 97.1 Å². The standard InChI is InChI=1S/C35H33N3O4/c1-3-41-32(40)24-36-29-18-12-17-28(23-29)30-19-10-11-20-31(30)35-37-33(26-13-6-4-7-14-26)34(27-15-8-5-9-16-27)38(35)21-22-42-25(2)39/h4-20,23,36H,3,21-22,24H2,1-2H3. The lowest BCUT2D eigenvalue weighted by Crippen LogP contribution is -2.16. The van der Waals surface area contributed by atoms with Gasteiger partial charge in [0.25, 0.3) is 0 Å². The fourth-order valence-corrected chi connectivity index (χ4v) is 4.96. The number of nitrogens with zero attached hydrogens (tertiary/aromatic N) is 2. The van der Waals surface area contributed by atoms with Crippen LogP contribution in [0.4, 0.5) is 5.69 Å². The van der Waals surface area contributed by atoms with E-state index in [1.165, 1.54) is 6.92 Å². The first kappa shape index (κ1) is 28.4. The van der Waals surface area contributed by atoms with E-state index in [0.717, 1.165) is 50.7 Å². The zero-order chi connectivity index (χ0) is 29.3. The fraction of sp³-hybridized carbons (Fsp3) is 0.171. The van der Waals surface area contributed by atoms with Gasteiger partial charge in [-0.25, -0.2) is 4.98 Å². The maximum atomic E-state index is 11.9. The quantitative estimate of drug-likeness (QED) is 0.174. The van der Waals surface area contributed by atoms with E-state index in [1.807, 2.05) is 72.8 Å². The number of esters is 2. The smallest absolute Gasteiger partial charge is 0.325 e. The Bertz CT molecular complexity index is 1660. The summed E-state index contributed by atoms with van der Waals surface area (Å²) >= 11 is 0. The van der Waals surface area contributed by atoms with Crippen LogP contribution in [0, 0.1) is 0 Å². The molecule has 4 aromatic carbocycles. The maximum absolute atomic E-state index is 11.9. The molecule has 1 heterocycles. The maximum Gasteiger partial charge on any atom is 0.325 e. The molecule has 0 amide bonds. The number of carbonyl (C=O) groups is 2. The van der Waals surface area contributed by atoms with Crippen molar-refractivity contribution in [3.05, 3.63) is 109 Å². The predicted molar refractivity (Wildman–Crippen MR) is 166 cm³/mol. The number of ether oxygens (including phenoxy) is 2. The van der Waals surface area contributed by atoms with Crippen LogP contribution in [0.1, 0.15) is 13.8 Å². The largest absolute Gasteiger partial charge is 0.465 e. The Hall–Kier alpha value is -5.17. The Morgan fingerprint density at radius 3 is 2.10 bits per heavy atom. The zero-order valence-corrected chi connectivity index (χ0v) is 23.7. The van der Waals surface area contributed by atoms with Crippen LogP contribution in [0.25, 0.3) is 45.0 Å². The predicted octanol–water partition coefficient (Wildman–Crippen LogP) is 7.09. The van der Waals surface area contributed by atoms with Crippen molar-refractivity contribution < 1.29 is 19.1 Å². The minimum atomic E-state index is -0.325. The van der Waals surface area contributed by atoms with Crippen LogP contribution in [-0.4, -0.2) is 41.2 Å². The van der Waals surface area contributed by atoms with E-state index >= 15 is 0 Å². The van der Waals surface area contributed by atoms with Crippen LogP contribution in [0.5, 0.6) is 0 Å². The van der Waals surface area contributed by atoms with E-state index in [0.29, 0.717) is 13.2 Å². The van der Waals surface area contributed by atoms with Crippen molar-refractivity contribution in [1.29, 1.82) is 0 Å². The van der Waals surface area contributed by atoms with Crippen LogP contribution < -0.4 is 5.32 Å². The van der Waals surface area contributed by atoms with Crippen molar-refractivity contribution in [3.8, 4) is 45.0 Å². The summed E-state index contributed by atoms with van der Waals surface area (Å²) in [6.07, 6.45) is 0. The Balaban J connectivity index is 1.65. The topological polar surface area (TPSA) is 82.4 Å². The first-order valence-corrected chi connectivity index (χ1v) is 14.0. The molecule has 1 N–H and O–H groups in total. The normalized spacial score (nSPS) is 10.7. The van der Waals surface area contributed by atoms with Gasteiger partial charge in [-0.2, -0.15) is 0 Å². The molecule has 0 spiro atoms. The molecule has 0 aliphatic heterocycles. The van der Waals surface area contributed by atoms with Gasteiger partial charge in [0, 0.05) is 29.3 Å². The summed E-state index contributed by atoms with van der Waals surface area (Å²) in [6.45, 7) is 4.27. The van der Waals surface area contributed by atoms with Gasteiger partial charge in [0.05, 0.1) is 24.5 Å². The van der Waals surface area contributed by atoms with Gasteiger partial charge in [0.2, 0.25) is 0 Å². The van der Waals surface area contributed by atoms with Crippen molar-refractivity contribution in [1.82, 2.24) is 9.55 Å². The Morgan fingerprint density at radius 2 is 1.40 bits per heavy atom. The first-order valence-electron chi connectivity index (χ1n) is 14.0. The highest BCUT2D eigenvalue weighted by Crippen LogP contribution is 2.39. The molecule has 0 saturated heterocycles. The molecule has 0 unspecified atom stereocenters. The van der Waals surface area contributed by atoms with Crippen LogP contribution in [0.2, 0.25) is 0 Å². The highest BCUT2D eigenvalue weighted by atomic mass is 16.5. The second kappa shape index (κ2) is 13.5. The number of hydrogen-bond donors (Lipinski definition) is 1. The highest BCUT2D eigenvalue weighted by molar-refractivity contribution is 5.87. The molecule has 0 saturated carbocycles. The number of hydrogen-bond acceptors (Lipinski definition) is 6. The lowest BCUT2D eigenvalue weighted by molar-refractivity contribution is -0.142. The highest BCUT2D eigenvalue weighted by Gasteiger charge is 2.23. The summed E-state index contributed by atoms with van der Waals surface area (Å²) in [6, 6.07) is 36.3. The lowest BCUT2D eigenvalue weighted by atomic mass is 9.98. The molecule has 212 valence electrons.